The number of carboxylic acid groups (broad SMARTS) is 2. The van der Waals surface area contributed by atoms with Gasteiger partial charge in [0, 0.05) is 29.3 Å². The summed E-state index contributed by atoms with van der Waals surface area (Å²) in [7, 11) is 0. The van der Waals surface area contributed by atoms with Crippen LogP contribution in [0.2, 0.25) is 0 Å². The van der Waals surface area contributed by atoms with Crippen LogP contribution < -0.4 is 0 Å². The van der Waals surface area contributed by atoms with Gasteiger partial charge in [0.15, 0.2) is 0 Å². The Hall–Kier alpha value is -2.26. The minimum Gasteiger partial charge on any atom is -0.477 e. The molecule has 0 aromatic carbocycles. The van der Waals surface area contributed by atoms with Gasteiger partial charge in [-0.1, -0.05) is 78.1 Å². The minimum atomic E-state index is -0.858. The van der Waals surface area contributed by atoms with Gasteiger partial charge in [0.1, 0.15) is 9.75 Å². The third-order valence-electron chi connectivity index (χ3n) is 7.54. The molecular formula is C34H42O4S4. The topological polar surface area (TPSA) is 74.6 Å². The largest absolute Gasteiger partial charge is 0.477 e. The van der Waals surface area contributed by atoms with E-state index in [1.807, 2.05) is 12.1 Å². The van der Waals surface area contributed by atoms with Gasteiger partial charge < -0.3 is 10.2 Å². The lowest BCUT2D eigenvalue weighted by Crippen LogP contribution is -1.91. The lowest BCUT2D eigenvalue weighted by atomic mass is 10.0. The first-order valence-electron chi connectivity index (χ1n) is 15.3. The van der Waals surface area contributed by atoms with Gasteiger partial charge in [0.05, 0.1) is 0 Å². The first-order valence-corrected chi connectivity index (χ1v) is 18.6. The highest BCUT2D eigenvalue weighted by atomic mass is 32.1. The van der Waals surface area contributed by atoms with Crippen molar-refractivity contribution >= 4 is 57.3 Å². The number of carbonyl (C=O) groups is 2. The predicted molar refractivity (Wildman–Crippen MR) is 182 cm³/mol. The lowest BCUT2D eigenvalue weighted by molar-refractivity contribution is 0.0691. The van der Waals surface area contributed by atoms with Gasteiger partial charge in [-0.05, 0) is 73.2 Å². The maximum absolute atomic E-state index is 11.8. The fourth-order valence-electron chi connectivity index (χ4n) is 5.23. The first kappa shape index (κ1) is 32.6. The molecule has 8 heteroatoms. The van der Waals surface area contributed by atoms with Crippen LogP contribution in [0.15, 0.2) is 36.4 Å². The summed E-state index contributed by atoms with van der Waals surface area (Å²) in [5.41, 5.74) is 2.29. The summed E-state index contributed by atoms with van der Waals surface area (Å²) in [4.78, 5) is 31.1. The molecule has 0 atom stereocenters. The van der Waals surface area contributed by atoms with E-state index in [1.165, 1.54) is 86.9 Å². The summed E-state index contributed by atoms with van der Waals surface area (Å²) in [5.74, 6) is -1.72. The van der Waals surface area contributed by atoms with Crippen molar-refractivity contribution in [3.63, 3.8) is 0 Å². The van der Waals surface area contributed by atoms with Gasteiger partial charge in [-0.2, -0.15) is 0 Å². The Bertz CT molecular complexity index is 1330. The quantitative estimate of drug-likeness (QED) is 0.0998. The van der Waals surface area contributed by atoms with Gasteiger partial charge >= 0.3 is 11.9 Å². The van der Waals surface area contributed by atoms with Crippen LogP contribution in [0.25, 0.3) is 29.3 Å². The third kappa shape index (κ3) is 8.88. The van der Waals surface area contributed by atoms with Crippen LogP contribution in [0.3, 0.4) is 0 Å². The zero-order chi connectivity index (χ0) is 29.9. The molecule has 4 aromatic heterocycles. The highest BCUT2D eigenvalue weighted by Crippen LogP contribution is 2.45. The third-order valence-corrected chi connectivity index (χ3v) is 12.6. The van der Waals surface area contributed by atoms with E-state index >= 15 is 0 Å². The lowest BCUT2D eigenvalue weighted by Gasteiger charge is -2.03. The second-order valence-corrected chi connectivity index (χ2v) is 15.2. The summed E-state index contributed by atoms with van der Waals surface area (Å²) >= 11 is 6.19. The fraction of sp³-hybridized carbons (Fsp3) is 0.471. The molecule has 0 amide bonds. The van der Waals surface area contributed by atoms with Crippen molar-refractivity contribution in [3.05, 3.63) is 57.3 Å². The highest BCUT2D eigenvalue weighted by Gasteiger charge is 2.20. The average Bonchev–Trinajstić information content (AvgIpc) is 3.77. The molecule has 0 aliphatic heterocycles. The standard InChI is InChI=1S/C34H42O4S4/c1-3-5-7-9-11-13-15-23-21-29(33(35)36)41-31(23)27-19-17-25(39-27)26-18-20-28(40-26)32-24(22-30(42-32)34(37)38)16-14-12-10-8-6-4-2/h17-22H,3-16H2,1-2H3,(H,35,36)(H,37,38). The maximum Gasteiger partial charge on any atom is 0.345 e. The molecule has 226 valence electrons. The summed E-state index contributed by atoms with van der Waals surface area (Å²) in [6, 6.07) is 12.3. The van der Waals surface area contributed by atoms with Gasteiger partial charge in [-0.25, -0.2) is 9.59 Å². The van der Waals surface area contributed by atoms with E-state index in [1.54, 1.807) is 22.7 Å². The fourth-order valence-corrected chi connectivity index (χ4v) is 9.72. The molecule has 0 unspecified atom stereocenters. The zero-order valence-corrected chi connectivity index (χ0v) is 28.0. The van der Waals surface area contributed by atoms with Gasteiger partial charge in [0.2, 0.25) is 0 Å². The summed E-state index contributed by atoms with van der Waals surface area (Å²) in [6.07, 6.45) is 16.4. The van der Waals surface area contributed by atoms with Crippen molar-refractivity contribution in [1.29, 1.82) is 0 Å². The van der Waals surface area contributed by atoms with Gasteiger partial charge in [0.25, 0.3) is 0 Å². The van der Waals surface area contributed by atoms with Crippen molar-refractivity contribution < 1.29 is 19.8 Å². The van der Waals surface area contributed by atoms with Gasteiger partial charge in [-0.15, -0.1) is 45.3 Å². The zero-order valence-electron chi connectivity index (χ0n) is 24.7. The molecule has 4 aromatic rings. The molecule has 0 spiro atoms. The molecule has 0 fully saturated rings. The molecule has 0 aliphatic rings. The first-order chi connectivity index (χ1) is 20.4. The monoisotopic (exact) mass is 642 g/mol. The second kappa shape index (κ2) is 16.6. The Morgan fingerprint density at radius 2 is 0.881 bits per heavy atom. The number of hydrogen-bond acceptors (Lipinski definition) is 6. The van der Waals surface area contributed by atoms with Crippen LogP contribution in [0, 0.1) is 0 Å². The Labute approximate surface area is 266 Å². The number of carboxylic acids is 2. The van der Waals surface area contributed by atoms with Crippen LogP contribution >= 0.6 is 45.3 Å². The van der Waals surface area contributed by atoms with Crippen molar-refractivity contribution in [2.75, 3.05) is 0 Å². The summed E-state index contributed by atoms with van der Waals surface area (Å²) in [6.45, 7) is 4.45. The summed E-state index contributed by atoms with van der Waals surface area (Å²) < 4.78 is 0. The Morgan fingerprint density at radius 3 is 1.26 bits per heavy atom. The Morgan fingerprint density at radius 1 is 0.524 bits per heavy atom. The molecule has 2 N–H and O–H groups in total. The maximum atomic E-state index is 11.8. The van der Waals surface area contributed by atoms with E-state index < -0.39 is 11.9 Å². The molecular weight excluding hydrogens is 601 g/mol. The highest BCUT2D eigenvalue weighted by molar-refractivity contribution is 7.29. The average molecular weight is 643 g/mol. The van der Waals surface area contributed by atoms with E-state index in [0.717, 1.165) is 66.1 Å². The van der Waals surface area contributed by atoms with Gasteiger partial charge in [-0.3, -0.25) is 0 Å². The second-order valence-electron chi connectivity index (χ2n) is 10.9. The van der Waals surface area contributed by atoms with Crippen molar-refractivity contribution in [2.24, 2.45) is 0 Å². The van der Waals surface area contributed by atoms with Crippen LogP contribution in [-0.4, -0.2) is 22.2 Å². The molecule has 4 rings (SSSR count). The normalized spacial score (nSPS) is 11.4. The number of aromatic carboxylic acids is 2. The van der Waals surface area contributed by atoms with E-state index in [9.17, 15) is 19.8 Å². The number of aryl methyl sites for hydroxylation is 2. The smallest absolute Gasteiger partial charge is 0.345 e. The van der Waals surface area contributed by atoms with Crippen LogP contribution in [-0.2, 0) is 12.8 Å². The van der Waals surface area contributed by atoms with Crippen molar-refractivity contribution in [2.45, 2.75) is 104 Å². The van der Waals surface area contributed by atoms with Crippen LogP contribution in [0.1, 0.15) is 121 Å². The molecule has 42 heavy (non-hydrogen) atoms. The number of unbranched alkanes of at least 4 members (excludes halogenated alkanes) is 10. The minimum absolute atomic E-state index is 0.407. The molecule has 0 bridgehead atoms. The van der Waals surface area contributed by atoms with Crippen molar-refractivity contribution in [3.8, 4) is 29.3 Å². The van der Waals surface area contributed by atoms with Crippen molar-refractivity contribution in [1.82, 2.24) is 0 Å². The van der Waals surface area contributed by atoms with Crippen LogP contribution in [0.4, 0.5) is 0 Å². The number of hydrogen-bond donors (Lipinski definition) is 2. The van der Waals surface area contributed by atoms with E-state index in [-0.39, 0.29) is 0 Å². The number of thiophene rings is 4. The predicted octanol–water partition coefficient (Wildman–Crippen LogP) is 12.1. The molecule has 0 saturated heterocycles. The van der Waals surface area contributed by atoms with E-state index in [0.29, 0.717) is 9.75 Å². The molecule has 0 aliphatic carbocycles. The Kier molecular flexibility index (Phi) is 12.9. The number of rotatable bonds is 19. The van der Waals surface area contributed by atoms with E-state index in [2.05, 4.69) is 38.1 Å². The molecule has 0 radical (unpaired) electrons. The molecule has 4 heterocycles. The van der Waals surface area contributed by atoms with E-state index in [4.69, 9.17) is 0 Å². The molecule has 4 nitrogen and oxygen atoms in total. The van der Waals surface area contributed by atoms with Crippen LogP contribution in [0.5, 0.6) is 0 Å². The summed E-state index contributed by atoms with van der Waals surface area (Å²) in [5, 5.41) is 19.3. The Balaban J connectivity index is 1.49. The molecule has 0 saturated carbocycles. The SMILES string of the molecule is CCCCCCCCc1cc(C(=O)O)sc1-c1ccc(-c2ccc(-c3sc(C(=O)O)cc3CCCCCCCC)s2)s1.